The SMILES string of the molecule is CCN(CCC(=O)O)C(=O)c1cc(-c2ccccc2Cl)on1. The molecule has 0 radical (unpaired) electrons. The first-order chi connectivity index (χ1) is 10.5. The number of hydrogen-bond acceptors (Lipinski definition) is 4. The molecule has 1 aromatic carbocycles. The first kappa shape index (κ1) is 16.0. The number of carboxylic acid groups (broad SMARTS) is 1. The predicted octanol–water partition coefficient (Wildman–Crippen LogP) is 2.93. The van der Waals surface area contributed by atoms with Crippen molar-refractivity contribution >= 4 is 23.5 Å². The zero-order valence-corrected chi connectivity index (χ0v) is 12.7. The molecule has 0 saturated heterocycles. The van der Waals surface area contributed by atoms with Crippen LogP contribution in [0.25, 0.3) is 11.3 Å². The Hall–Kier alpha value is -2.34. The van der Waals surface area contributed by atoms with Crippen molar-refractivity contribution in [1.29, 1.82) is 0 Å². The molecule has 0 unspecified atom stereocenters. The summed E-state index contributed by atoms with van der Waals surface area (Å²) in [6.45, 7) is 2.29. The summed E-state index contributed by atoms with van der Waals surface area (Å²) < 4.78 is 5.17. The summed E-state index contributed by atoms with van der Waals surface area (Å²) in [7, 11) is 0. The molecule has 0 saturated carbocycles. The second kappa shape index (κ2) is 7.09. The van der Waals surface area contributed by atoms with Crippen molar-refractivity contribution in [2.24, 2.45) is 0 Å². The van der Waals surface area contributed by atoms with Crippen molar-refractivity contribution in [2.45, 2.75) is 13.3 Å². The number of rotatable bonds is 6. The summed E-state index contributed by atoms with van der Waals surface area (Å²) in [6.07, 6.45) is -0.116. The van der Waals surface area contributed by atoms with E-state index in [1.54, 1.807) is 31.2 Å². The molecule has 0 spiro atoms. The fourth-order valence-corrected chi connectivity index (χ4v) is 2.19. The molecule has 0 aliphatic carbocycles. The number of halogens is 1. The number of amides is 1. The van der Waals surface area contributed by atoms with Gasteiger partial charge in [0.25, 0.3) is 5.91 Å². The molecule has 2 rings (SSSR count). The Morgan fingerprint density at radius 2 is 2.09 bits per heavy atom. The van der Waals surface area contributed by atoms with Crippen LogP contribution in [0.4, 0.5) is 0 Å². The first-order valence-corrected chi connectivity index (χ1v) is 7.13. The lowest BCUT2D eigenvalue weighted by atomic mass is 10.1. The normalized spacial score (nSPS) is 10.5. The largest absolute Gasteiger partial charge is 0.481 e. The molecule has 0 aliphatic heterocycles. The number of carbonyl (C=O) groups excluding carboxylic acids is 1. The highest BCUT2D eigenvalue weighted by atomic mass is 35.5. The van der Waals surface area contributed by atoms with Crippen LogP contribution in [-0.4, -0.2) is 40.1 Å². The van der Waals surface area contributed by atoms with Crippen LogP contribution in [0.3, 0.4) is 0 Å². The molecule has 116 valence electrons. The van der Waals surface area contributed by atoms with E-state index in [-0.39, 0.29) is 24.6 Å². The van der Waals surface area contributed by atoms with Crippen molar-refractivity contribution < 1.29 is 19.2 Å². The van der Waals surface area contributed by atoms with E-state index in [0.717, 1.165) is 0 Å². The average molecular weight is 323 g/mol. The van der Waals surface area contributed by atoms with Gasteiger partial charge in [0, 0.05) is 24.7 Å². The van der Waals surface area contributed by atoms with E-state index in [2.05, 4.69) is 5.16 Å². The van der Waals surface area contributed by atoms with Crippen LogP contribution in [0.2, 0.25) is 5.02 Å². The second-order valence-electron chi connectivity index (χ2n) is 4.58. The average Bonchev–Trinajstić information content (AvgIpc) is 2.97. The molecule has 1 amide bonds. The molecule has 7 heteroatoms. The van der Waals surface area contributed by atoms with E-state index >= 15 is 0 Å². The van der Waals surface area contributed by atoms with E-state index in [1.807, 2.05) is 0 Å². The predicted molar refractivity (Wildman–Crippen MR) is 80.8 cm³/mol. The lowest BCUT2D eigenvalue weighted by Crippen LogP contribution is -2.33. The molecule has 0 atom stereocenters. The van der Waals surface area contributed by atoms with Crippen molar-refractivity contribution in [1.82, 2.24) is 10.1 Å². The van der Waals surface area contributed by atoms with Gasteiger partial charge in [-0.05, 0) is 19.1 Å². The van der Waals surface area contributed by atoms with Crippen molar-refractivity contribution in [3.8, 4) is 11.3 Å². The number of aliphatic carboxylic acids is 1. The molecule has 1 N–H and O–H groups in total. The van der Waals surface area contributed by atoms with Gasteiger partial charge in [0.2, 0.25) is 0 Å². The Bertz CT molecular complexity index is 684. The first-order valence-electron chi connectivity index (χ1n) is 6.75. The number of aromatic nitrogens is 1. The molecule has 0 fully saturated rings. The van der Waals surface area contributed by atoms with E-state index in [1.165, 1.54) is 11.0 Å². The monoisotopic (exact) mass is 322 g/mol. The highest BCUT2D eigenvalue weighted by molar-refractivity contribution is 6.33. The van der Waals surface area contributed by atoms with Crippen LogP contribution < -0.4 is 0 Å². The van der Waals surface area contributed by atoms with E-state index in [0.29, 0.717) is 22.9 Å². The van der Waals surface area contributed by atoms with E-state index < -0.39 is 5.97 Å². The number of nitrogens with zero attached hydrogens (tertiary/aromatic N) is 2. The quantitative estimate of drug-likeness (QED) is 0.884. The third-order valence-corrected chi connectivity index (χ3v) is 3.46. The highest BCUT2D eigenvalue weighted by Crippen LogP contribution is 2.28. The third-order valence-electron chi connectivity index (χ3n) is 3.13. The summed E-state index contributed by atoms with van der Waals surface area (Å²) in [4.78, 5) is 24.3. The standard InChI is InChI=1S/C15H15ClN2O4/c1-2-18(8-7-14(19)20)15(21)12-9-13(22-17-12)10-5-3-4-6-11(10)16/h3-6,9H,2,7-8H2,1H3,(H,19,20). The van der Waals surface area contributed by atoms with Crippen LogP contribution in [0, 0.1) is 0 Å². The Morgan fingerprint density at radius 3 is 2.73 bits per heavy atom. The van der Waals surface area contributed by atoms with E-state index in [9.17, 15) is 9.59 Å². The smallest absolute Gasteiger partial charge is 0.305 e. The number of benzene rings is 1. The van der Waals surface area contributed by atoms with Crippen LogP contribution in [0.15, 0.2) is 34.9 Å². The molecule has 2 aromatic rings. The molecular weight excluding hydrogens is 308 g/mol. The van der Waals surface area contributed by atoms with Gasteiger partial charge in [-0.1, -0.05) is 28.9 Å². The summed E-state index contributed by atoms with van der Waals surface area (Å²) in [5.41, 5.74) is 0.770. The molecular formula is C15H15ClN2O4. The van der Waals surface area contributed by atoms with Crippen LogP contribution >= 0.6 is 11.6 Å². The number of carboxylic acids is 1. The maximum absolute atomic E-state index is 12.3. The Morgan fingerprint density at radius 1 is 1.36 bits per heavy atom. The van der Waals surface area contributed by atoms with Gasteiger partial charge in [-0.25, -0.2) is 0 Å². The van der Waals surface area contributed by atoms with Gasteiger partial charge >= 0.3 is 5.97 Å². The van der Waals surface area contributed by atoms with Gasteiger partial charge in [-0.15, -0.1) is 0 Å². The fraction of sp³-hybridized carbons (Fsp3) is 0.267. The minimum Gasteiger partial charge on any atom is -0.481 e. The third kappa shape index (κ3) is 3.65. The summed E-state index contributed by atoms with van der Waals surface area (Å²) >= 11 is 6.07. The molecule has 1 heterocycles. The molecule has 22 heavy (non-hydrogen) atoms. The zero-order valence-electron chi connectivity index (χ0n) is 12.0. The molecule has 1 aromatic heterocycles. The van der Waals surface area contributed by atoms with Crippen LogP contribution in [-0.2, 0) is 4.79 Å². The summed E-state index contributed by atoms with van der Waals surface area (Å²) in [6, 6.07) is 8.58. The van der Waals surface area contributed by atoms with Gasteiger partial charge in [0.05, 0.1) is 11.4 Å². The number of carbonyl (C=O) groups is 2. The lowest BCUT2D eigenvalue weighted by Gasteiger charge is -2.18. The highest BCUT2D eigenvalue weighted by Gasteiger charge is 2.20. The van der Waals surface area contributed by atoms with E-state index in [4.69, 9.17) is 21.2 Å². The Kier molecular flexibility index (Phi) is 5.16. The minimum absolute atomic E-state index is 0.116. The topological polar surface area (TPSA) is 83.6 Å². The lowest BCUT2D eigenvalue weighted by molar-refractivity contribution is -0.137. The van der Waals surface area contributed by atoms with Crippen LogP contribution in [0.5, 0.6) is 0 Å². The Labute approximate surface area is 132 Å². The summed E-state index contributed by atoms with van der Waals surface area (Å²) in [5, 5.41) is 13.0. The molecule has 6 nitrogen and oxygen atoms in total. The van der Waals surface area contributed by atoms with Gasteiger partial charge in [-0.2, -0.15) is 0 Å². The maximum Gasteiger partial charge on any atom is 0.305 e. The maximum atomic E-state index is 12.3. The van der Waals surface area contributed by atoms with Crippen LogP contribution in [0.1, 0.15) is 23.8 Å². The van der Waals surface area contributed by atoms with Gasteiger partial charge in [-0.3, -0.25) is 9.59 Å². The van der Waals surface area contributed by atoms with Crippen molar-refractivity contribution in [3.05, 3.63) is 41.0 Å². The van der Waals surface area contributed by atoms with Crippen molar-refractivity contribution in [2.75, 3.05) is 13.1 Å². The molecule has 0 bridgehead atoms. The summed E-state index contributed by atoms with van der Waals surface area (Å²) in [5.74, 6) is -0.933. The van der Waals surface area contributed by atoms with Gasteiger partial charge in [0.1, 0.15) is 0 Å². The minimum atomic E-state index is -0.955. The number of hydrogen-bond donors (Lipinski definition) is 1. The molecule has 0 aliphatic rings. The fourth-order valence-electron chi connectivity index (χ4n) is 1.96. The van der Waals surface area contributed by atoms with Crippen molar-refractivity contribution in [3.63, 3.8) is 0 Å². The zero-order chi connectivity index (χ0) is 16.1. The van der Waals surface area contributed by atoms with Gasteiger partial charge in [0.15, 0.2) is 11.5 Å². The van der Waals surface area contributed by atoms with Gasteiger partial charge < -0.3 is 14.5 Å². The second-order valence-corrected chi connectivity index (χ2v) is 4.99. The Balaban J connectivity index is 2.18.